The van der Waals surface area contributed by atoms with E-state index in [9.17, 15) is 5.11 Å². The van der Waals surface area contributed by atoms with E-state index in [0.29, 0.717) is 6.04 Å². The molecule has 2 fully saturated rings. The maximum Gasteiger partial charge on any atom is 0.0639 e. The minimum absolute atomic E-state index is 0.195. The summed E-state index contributed by atoms with van der Waals surface area (Å²) >= 11 is 0. The maximum atomic E-state index is 9.59. The first-order chi connectivity index (χ1) is 9.19. The van der Waals surface area contributed by atoms with Gasteiger partial charge in [-0.2, -0.15) is 0 Å². The highest BCUT2D eigenvalue weighted by atomic mass is 16.3. The molecule has 0 amide bonds. The Hall–Kier alpha value is -0.120. The highest BCUT2D eigenvalue weighted by molar-refractivity contribution is 4.83. The molecule has 0 bridgehead atoms. The summed E-state index contributed by atoms with van der Waals surface area (Å²) in [7, 11) is 0. The molecule has 1 heterocycles. The van der Waals surface area contributed by atoms with Crippen LogP contribution >= 0.6 is 0 Å². The molecule has 0 aromatic heterocycles. The number of piperazine rings is 1. The van der Waals surface area contributed by atoms with E-state index in [1.54, 1.807) is 0 Å². The Morgan fingerprint density at radius 2 is 1.89 bits per heavy atom. The van der Waals surface area contributed by atoms with E-state index in [0.717, 1.165) is 19.0 Å². The van der Waals surface area contributed by atoms with E-state index in [1.165, 1.54) is 58.2 Å². The number of aliphatic hydroxyl groups is 1. The van der Waals surface area contributed by atoms with Crippen LogP contribution in [0.5, 0.6) is 0 Å². The SMILES string of the molecule is CC[C@H]1CN(CC2CCCCC2)CCN1C[C@@H](C)O. The third-order valence-corrected chi connectivity index (χ3v) is 4.90. The molecule has 0 aromatic carbocycles. The largest absolute Gasteiger partial charge is 0.392 e. The van der Waals surface area contributed by atoms with E-state index in [4.69, 9.17) is 0 Å². The fourth-order valence-corrected chi connectivity index (χ4v) is 3.82. The first-order valence-corrected chi connectivity index (χ1v) is 8.33. The molecule has 1 aliphatic heterocycles. The van der Waals surface area contributed by atoms with E-state index in [-0.39, 0.29) is 6.10 Å². The highest BCUT2D eigenvalue weighted by Crippen LogP contribution is 2.25. The average Bonchev–Trinajstić information content (AvgIpc) is 2.41. The Labute approximate surface area is 119 Å². The van der Waals surface area contributed by atoms with Gasteiger partial charge in [0.25, 0.3) is 0 Å². The van der Waals surface area contributed by atoms with E-state index < -0.39 is 0 Å². The van der Waals surface area contributed by atoms with Gasteiger partial charge in [-0.05, 0) is 32.1 Å². The van der Waals surface area contributed by atoms with Gasteiger partial charge in [-0.15, -0.1) is 0 Å². The van der Waals surface area contributed by atoms with Crippen molar-refractivity contribution < 1.29 is 5.11 Å². The molecular weight excluding hydrogens is 236 g/mol. The van der Waals surface area contributed by atoms with Crippen LogP contribution in [-0.2, 0) is 0 Å². The summed E-state index contributed by atoms with van der Waals surface area (Å²) in [6.07, 6.45) is 8.26. The van der Waals surface area contributed by atoms with Gasteiger partial charge in [-0.1, -0.05) is 26.2 Å². The van der Waals surface area contributed by atoms with Crippen LogP contribution in [0, 0.1) is 5.92 Å². The minimum Gasteiger partial charge on any atom is -0.392 e. The lowest BCUT2D eigenvalue weighted by molar-refractivity contribution is 0.0287. The Morgan fingerprint density at radius 3 is 2.53 bits per heavy atom. The Morgan fingerprint density at radius 1 is 1.16 bits per heavy atom. The smallest absolute Gasteiger partial charge is 0.0639 e. The number of aliphatic hydroxyl groups excluding tert-OH is 1. The molecule has 2 atom stereocenters. The predicted octanol–water partition coefficient (Wildman–Crippen LogP) is 2.34. The highest BCUT2D eigenvalue weighted by Gasteiger charge is 2.27. The molecule has 1 aliphatic carbocycles. The van der Waals surface area contributed by atoms with Crippen LogP contribution in [0.25, 0.3) is 0 Å². The zero-order valence-corrected chi connectivity index (χ0v) is 12.9. The van der Waals surface area contributed by atoms with Gasteiger partial charge in [0.1, 0.15) is 0 Å². The van der Waals surface area contributed by atoms with Crippen LogP contribution in [0.15, 0.2) is 0 Å². The van der Waals surface area contributed by atoms with Gasteiger partial charge in [0, 0.05) is 38.8 Å². The second-order valence-corrected chi connectivity index (χ2v) is 6.67. The Kier molecular flexibility index (Phi) is 6.11. The molecule has 1 N–H and O–H groups in total. The maximum absolute atomic E-state index is 9.59. The number of β-amino-alcohol motifs (C(OH)–C–C–N with tert-alkyl or cyclic N) is 1. The van der Waals surface area contributed by atoms with E-state index in [2.05, 4.69) is 16.7 Å². The molecule has 1 saturated heterocycles. The van der Waals surface area contributed by atoms with Crippen molar-refractivity contribution in [1.29, 1.82) is 0 Å². The zero-order chi connectivity index (χ0) is 13.7. The van der Waals surface area contributed by atoms with Crippen LogP contribution in [0.3, 0.4) is 0 Å². The summed E-state index contributed by atoms with van der Waals surface area (Å²) in [5.41, 5.74) is 0. The number of hydrogen-bond donors (Lipinski definition) is 1. The number of hydrogen-bond acceptors (Lipinski definition) is 3. The molecule has 19 heavy (non-hydrogen) atoms. The predicted molar refractivity (Wildman–Crippen MR) is 80.3 cm³/mol. The molecule has 2 aliphatic rings. The van der Waals surface area contributed by atoms with Gasteiger partial charge in [-0.25, -0.2) is 0 Å². The molecule has 0 spiro atoms. The van der Waals surface area contributed by atoms with Gasteiger partial charge >= 0.3 is 0 Å². The van der Waals surface area contributed by atoms with Gasteiger partial charge in [-0.3, -0.25) is 4.90 Å². The zero-order valence-electron chi connectivity index (χ0n) is 12.9. The summed E-state index contributed by atoms with van der Waals surface area (Å²) in [5, 5.41) is 9.59. The summed E-state index contributed by atoms with van der Waals surface area (Å²) < 4.78 is 0. The molecule has 3 heteroatoms. The van der Waals surface area contributed by atoms with Crippen molar-refractivity contribution in [2.75, 3.05) is 32.7 Å². The first-order valence-electron chi connectivity index (χ1n) is 8.33. The van der Waals surface area contributed by atoms with Crippen molar-refractivity contribution in [2.24, 2.45) is 5.92 Å². The molecule has 112 valence electrons. The lowest BCUT2D eigenvalue weighted by atomic mass is 9.88. The van der Waals surface area contributed by atoms with E-state index >= 15 is 0 Å². The average molecular weight is 268 g/mol. The van der Waals surface area contributed by atoms with Gasteiger partial charge < -0.3 is 10.0 Å². The number of rotatable bonds is 5. The second kappa shape index (κ2) is 7.61. The fourth-order valence-electron chi connectivity index (χ4n) is 3.82. The first kappa shape index (κ1) is 15.3. The molecule has 1 saturated carbocycles. The van der Waals surface area contributed by atoms with Crippen molar-refractivity contribution in [2.45, 2.75) is 64.5 Å². The summed E-state index contributed by atoms with van der Waals surface area (Å²) in [5.74, 6) is 0.953. The lowest BCUT2D eigenvalue weighted by Gasteiger charge is -2.43. The summed E-state index contributed by atoms with van der Waals surface area (Å²) in [4.78, 5) is 5.17. The molecule has 0 unspecified atom stereocenters. The summed E-state index contributed by atoms with van der Waals surface area (Å²) in [6.45, 7) is 9.88. The van der Waals surface area contributed by atoms with E-state index in [1.807, 2.05) is 6.92 Å². The van der Waals surface area contributed by atoms with Crippen LogP contribution in [0.1, 0.15) is 52.4 Å². The molecule has 0 aromatic rings. The molecular formula is C16H32N2O. The van der Waals surface area contributed by atoms with Gasteiger partial charge in [0.2, 0.25) is 0 Å². The van der Waals surface area contributed by atoms with Crippen molar-refractivity contribution in [3.63, 3.8) is 0 Å². The number of nitrogens with zero attached hydrogens (tertiary/aromatic N) is 2. The monoisotopic (exact) mass is 268 g/mol. The quantitative estimate of drug-likeness (QED) is 0.829. The van der Waals surface area contributed by atoms with Gasteiger partial charge in [0.15, 0.2) is 0 Å². The van der Waals surface area contributed by atoms with Crippen molar-refractivity contribution in [3.05, 3.63) is 0 Å². The standard InChI is InChI=1S/C16H32N2O/c1-3-16-13-17(9-10-18(16)11-14(2)19)12-15-7-5-4-6-8-15/h14-16,19H,3-13H2,1-2H3/t14-,16+/m1/s1. The van der Waals surface area contributed by atoms with Crippen molar-refractivity contribution >= 4 is 0 Å². The molecule has 2 rings (SSSR count). The Bertz CT molecular complexity index is 251. The van der Waals surface area contributed by atoms with Crippen LogP contribution in [0.4, 0.5) is 0 Å². The topological polar surface area (TPSA) is 26.7 Å². The normalized spacial score (nSPS) is 29.5. The van der Waals surface area contributed by atoms with Crippen LogP contribution < -0.4 is 0 Å². The Balaban J connectivity index is 1.78. The molecule has 0 radical (unpaired) electrons. The van der Waals surface area contributed by atoms with Crippen LogP contribution in [0.2, 0.25) is 0 Å². The second-order valence-electron chi connectivity index (χ2n) is 6.67. The third kappa shape index (κ3) is 4.73. The van der Waals surface area contributed by atoms with Crippen molar-refractivity contribution in [3.8, 4) is 0 Å². The van der Waals surface area contributed by atoms with Gasteiger partial charge in [0.05, 0.1) is 6.10 Å². The lowest BCUT2D eigenvalue weighted by Crippen LogP contribution is -2.55. The minimum atomic E-state index is -0.195. The summed E-state index contributed by atoms with van der Waals surface area (Å²) in [6, 6.07) is 0.645. The fraction of sp³-hybridized carbons (Fsp3) is 1.00. The van der Waals surface area contributed by atoms with Crippen molar-refractivity contribution in [1.82, 2.24) is 9.80 Å². The van der Waals surface area contributed by atoms with Crippen LogP contribution in [-0.4, -0.2) is 59.8 Å². The molecule has 3 nitrogen and oxygen atoms in total. The third-order valence-electron chi connectivity index (χ3n) is 4.90.